The molecule has 2 amide bonds. The predicted molar refractivity (Wildman–Crippen MR) is 93.9 cm³/mol. The van der Waals surface area contributed by atoms with Crippen molar-refractivity contribution < 1.29 is 14.6 Å². The molecular weight excluding hydrogens is 304 g/mol. The molecule has 2 atom stereocenters. The van der Waals surface area contributed by atoms with Gasteiger partial charge in [-0.2, -0.15) is 0 Å². The van der Waals surface area contributed by atoms with Gasteiger partial charge < -0.3 is 20.1 Å². The highest BCUT2D eigenvalue weighted by atomic mass is 16.5. The van der Waals surface area contributed by atoms with Gasteiger partial charge in [0.2, 0.25) is 0 Å². The summed E-state index contributed by atoms with van der Waals surface area (Å²) in [6.07, 6.45) is 5.73. The molecule has 0 bridgehead atoms. The van der Waals surface area contributed by atoms with Gasteiger partial charge in [-0.15, -0.1) is 0 Å². The third kappa shape index (κ3) is 4.48. The Labute approximate surface area is 144 Å². The van der Waals surface area contributed by atoms with Crippen molar-refractivity contribution in [3.05, 3.63) is 29.8 Å². The van der Waals surface area contributed by atoms with E-state index in [2.05, 4.69) is 5.32 Å². The van der Waals surface area contributed by atoms with Crippen molar-refractivity contribution in [1.82, 2.24) is 4.90 Å². The topological polar surface area (TPSA) is 61.8 Å². The highest BCUT2D eigenvalue weighted by molar-refractivity contribution is 5.89. The number of rotatable bonds is 4. The van der Waals surface area contributed by atoms with Crippen LogP contribution in [0.5, 0.6) is 0 Å². The first-order valence-electron chi connectivity index (χ1n) is 9.06. The molecule has 1 aromatic carbocycles. The third-order valence-electron chi connectivity index (χ3n) is 5.20. The fourth-order valence-electron chi connectivity index (χ4n) is 3.39. The fourth-order valence-corrected chi connectivity index (χ4v) is 3.39. The predicted octanol–water partition coefficient (Wildman–Crippen LogP) is 3.38. The second-order valence-corrected chi connectivity index (χ2v) is 7.12. The number of piperidine rings is 1. The van der Waals surface area contributed by atoms with Gasteiger partial charge in [0, 0.05) is 18.8 Å². The van der Waals surface area contributed by atoms with Gasteiger partial charge >= 0.3 is 6.03 Å². The number of aliphatic hydroxyl groups excluding tert-OH is 1. The van der Waals surface area contributed by atoms with Crippen LogP contribution in [0.15, 0.2) is 24.3 Å². The highest BCUT2D eigenvalue weighted by Gasteiger charge is 2.27. The summed E-state index contributed by atoms with van der Waals surface area (Å²) in [6.45, 7) is 3.75. The van der Waals surface area contributed by atoms with Crippen LogP contribution in [0.25, 0.3) is 0 Å². The standard InChI is InChI=1S/C19H28N2O3/c1-14-10-11-21(12-18(14)22)19(23)20-16-8-6-15(7-9-16)13-24-17-4-2-3-5-17/h6-9,14,17-18,22H,2-5,10-13H2,1H3,(H,20,23). The summed E-state index contributed by atoms with van der Waals surface area (Å²) in [5.41, 5.74) is 1.90. The van der Waals surface area contributed by atoms with Crippen LogP contribution in [0.2, 0.25) is 0 Å². The summed E-state index contributed by atoms with van der Waals surface area (Å²) in [6, 6.07) is 7.67. The maximum absolute atomic E-state index is 12.3. The van der Waals surface area contributed by atoms with Crippen molar-refractivity contribution >= 4 is 11.7 Å². The number of carbonyl (C=O) groups is 1. The first kappa shape index (κ1) is 17.2. The Hall–Kier alpha value is -1.59. The van der Waals surface area contributed by atoms with Gasteiger partial charge in [0.1, 0.15) is 0 Å². The smallest absolute Gasteiger partial charge is 0.321 e. The molecule has 1 aromatic rings. The molecule has 24 heavy (non-hydrogen) atoms. The van der Waals surface area contributed by atoms with E-state index in [4.69, 9.17) is 4.74 Å². The van der Waals surface area contributed by atoms with Crippen LogP contribution in [-0.4, -0.2) is 41.3 Å². The number of hydrogen-bond donors (Lipinski definition) is 2. The maximum atomic E-state index is 12.3. The molecule has 0 radical (unpaired) electrons. The molecule has 5 heteroatoms. The third-order valence-corrected chi connectivity index (χ3v) is 5.20. The van der Waals surface area contributed by atoms with Crippen LogP contribution in [0.4, 0.5) is 10.5 Å². The van der Waals surface area contributed by atoms with Crippen molar-refractivity contribution in [3.63, 3.8) is 0 Å². The highest BCUT2D eigenvalue weighted by Crippen LogP contribution is 2.22. The first-order valence-corrected chi connectivity index (χ1v) is 9.06. The average molecular weight is 332 g/mol. The Bertz CT molecular complexity index is 540. The van der Waals surface area contributed by atoms with E-state index in [9.17, 15) is 9.90 Å². The summed E-state index contributed by atoms with van der Waals surface area (Å²) in [7, 11) is 0. The van der Waals surface area contributed by atoms with E-state index in [1.54, 1.807) is 4.90 Å². The van der Waals surface area contributed by atoms with E-state index < -0.39 is 6.10 Å². The van der Waals surface area contributed by atoms with Gasteiger partial charge in [0.05, 0.1) is 18.8 Å². The number of aliphatic hydroxyl groups is 1. The number of benzene rings is 1. The van der Waals surface area contributed by atoms with E-state index >= 15 is 0 Å². The van der Waals surface area contributed by atoms with Crippen LogP contribution in [0.3, 0.4) is 0 Å². The van der Waals surface area contributed by atoms with Gasteiger partial charge in [-0.05, 0) is 42.9 Å². The van der Waals surface area contributed by atoms with Gasteiger partial charge in [-0.1, -0.05) is 31.9 Å². The molecule has 2 aliphatic rings. The molecule has 0 spiro atoms. The van der Waals surface area contributed by atoms with E-state index in [0.29, 0.717) is 25.8 Å². The van der Waals surface area contributed by atoms with Crippen molar-refractivity contribution in [2.45, 2.75) is 57.8 Å². The second kappa shape index (κ2) is 7.99. The minimum absolute atomic E-state index is 0.143. The molecule has 0 aromatic heterocycles. The lowest BCUT2D eigenvalue weighted by molar-refractivity contribution is 0.0456. The Morgan fingerprint density at radius 2 is 1.96 bits per heavy atom. The molecule has 3 rings (SSSR count). The van der Waals surface area contributed by atoms with E-state index in [1.807, 2.05) is 31.2 Å². The van der Waals surface area contributed by atoms with Crippen molar-refractivity contribution in [2.24, 2.45) is 5.92 Å². The zero-order valence-electron chi connectivity index (χ0n) is 14.4. The molecule has 1 aliphatic carbocycles. The summed E-state index contributed by atoms with van der Waals surface area (Å²) in [5.74, 6) is 0.258. The molecule has 1 saturated heterocycles. The molecule has 5 nitrogen and oxygen atoms in total. The number of amides is 2. The van der Waals surface area contributed by atoms with Gasteiger partial charge in [-0.3, -0.25) is 0 Å². The number of urea groups is 1. The number of ether oxygens (including phenoxy) is 1. The largest absolute Gasteiger partial charge is 0.391 e. The minimum Gasteiger partial charge on any atom is -0.391 e. The van der Waals surface area contributed by atoms with Crippen LogP contribution < -0.4 is 5.32 Å². The van der Waals surface area contributed by atoms with Crippen molar-refractivity contribution in [1.29, 1.82) is 0 Å². The molecular formula is C19H28N2O3. The lowest BCUT2D eigenvalue weighted by Gasteiger charge is -2.34. The van der Waals surface area contributed by atoms with E-state index in [0.717, 1.165) is 17.7 Å². The number of likely N-dealkylation sites (tertiary alicyclic amines) is 1. The Balaban J connectivity index is 1.47. The molecule has 2 N–H and O–H groups in total. The molecule has 2 fully saturated rings. The van der Waals surface area contributed by atoms with E-state index in [-0.39, 0.29) is 11.9 Å². The van der Waals surface area contributed by atoms with Crippen molar-refractivity contribution in [2.75, 3.05) is 18.4 Å². The van der Waals surface area contributed by atoms with E-state index in [1.165, 1.54) is 25.7 Å². The number of hydrogen-bond acceptors (Lipinski definition) is 3. The first-order chi connectivity index (χ1) is 11.6. The fraction of sp³-hybridized carbons (Fsp3) is 0.632. The number of nitrogens with one attached hydrogen (secondary N) is 1. The summed E-state index contributed by atoms with van der Waals surface area (Å²) < 4.78 is 5.90. The second-order valence-electron chi connectivity index (χ2n) is 7.12. The minimum atomic E-state index is -0.431. The average Bonchev–Trinajstić information content (AvgIpc) is 3.10. The molecule has 2 unspecified atom stereocenters. The Kier molecular flexibility index (Phi) is 5.74. The zero-order chi connectivity index (χ0) is 16.9. The maximum Gasteiger partial charge on any atom is 0.321 e. The normalized spacial score (nSPS) is 25.0. The summed E-state index contributed by atoms with van der Waals surface area (Å²) in [4.78, 5) is 14.0. The SMILES string of the molecule is CC1CCN(C(=O)Nc2ccc(COC3CCCC3)cc2)CC1O. The van der Waals surface area contributed by atoms with Gasteiger partial charge in [0.15, 0.2) is 0 Å². The number of β-amino-alcohol motifs (C(OH)–C–C–N with tert-alkyl or cyclic N) is 1. The Morgan fingerprint density at radius 3 is 2.62 bits per heavy atom. The number of nitrogens with zero attached hydrogens (tertiary/aromatic N) is 1. The summed E-state index contributed by atoms with van der Waals surface area (Å²) >= 11 is 0. The van der Waals surface area contributed by atoms with Crippen LogP contribution in [0, 0.1) is 5.92 Å². The Morgan fingerprint density at radius 1 is 1.25 bits per heavy atom. The van der Waals surface area contributed by atoms with Gasteiger partial charge in [0.25, 0.3) is 0 Å². The monoisotopic (exact) mass is 332 g/mol. The summed E-state index contributed by atoms with van der Waals surface area (Å²) in [5, 5.41) is 12.8. The number of carbonyl (C=O) groups excluding carboxylic acids is 1. The molecule has 1 heterocycles. The lowest BCUT2D eigenvalue weighted by atomic mass is 9.96. The molecule has 132 valence electrons. The quantitative estimate of drug-likeness (QED) is 0.888. The van der Waals surface area contributed by atoms with Gasteiger partial charge in [-0.25, -0.2) is 4.79 Å². The van der Waals surface area contributed by atoms with Crippen LogP contribution in [-0.2, 0) is 11.3 Å². The van der Waals surface area contributed by atoms with Crippen LogP contribution >= 0.6 is 0 Å². The van der Waals surface area contributed by atoms with Crippen LogP contribution in [0.1, 0.15) is 44.6 Å². The molecule has 1 aliphatic heterocycles. The number of anilines is 1. The lowest BCUT2D eigenvalue weighted by Crippen LogP contribution is -2.47. The molecule has 1 saturated carbocycles. The van der Waals surface area contributed by atoms with Crippen molar-refractivity contribution in [3.8, 4) is 0 Å². The zero-order valence-corrected chi connectivity index (χ0v) is 14.4.